The first kappa shape index (κ1) is 18.1. The van der Waals surface area contributed by atoms with Gasteiger partial charge in [-0.25, -0.2) is 0 Å². The van der Waals surface area contributed by atoms with Gasteiger partial charge in [0.15, 0.2) is 0 Å². The molecule has 0 radical (unpaired) electrons. The van der Waals surface area contributed by atoms with Crippen molar-refractivity contribution in [1.29, 1.82) is 0 Å². The fourth-order valence-corrected chi connectivity index (χ4v) is 4.23. The number of nitrogens with zero attached hydrogens (tertiary/aromatic N) is 4. The first-order valence-electron chi connectivity index (χ1n) is 9.46. The van der Waals surface area contributed by atoms with E-state index >= 15 is 0 Å². The highest BCUT2D eigenvalue weighted by Crippen LogP contribution is 2.24. The molecular weight excluding hydrogens is 310 g/mol. The van der Waals surface area contributed by atoms with Crippen LogP contribution in [0.5, 0.6) is 0 Å². The Labute approximate surface area is 151 Å². The molecule has 0 amide bonds. The molecule has 5 heteroatoms. The average molecular weight is 342 g/mol. The molecule has 0 unspecified atom stereocenters. The second-order valence-corrected chi connectivity index (χ2v) is 7.45. The van der Waals surface area contributed by atoms with E-state index in [9.17, 15) is 0 Å². The molecule has 1 N–H and O–H groups in total. The first-order chi connectivity index (χ1) is 12.1. The number of nitrogens with one attached hydrogen (secondary N) is 1. The van der Waals surface area contributed by atoms with Gasteiger partial charge in [-0.2, -0.15) is 0 Å². The summed E-state index contributed by atoms with van der Waals surface area (Å²) in [6.07, 6.45) is 0. The van der Waals surface area contributed by atoms with Gasteiger partial charge in [0.1, 0.15) is 11.6 Å². The van der Waals surface area contributed by atoms with E-state index in [-0.39, 0.29) is 0 Å². The van der Waals surface area contributed by atoms with Gasteiger partial charge in [-0.1, -0.05) is 44.2 Å². The highest BCUT2D eigenvalue weighted by atomic mass is 15.3. The van der Waals surface area contributed by atoms with E-state index in [1.54, 1.807) is 0 Å². The fourth-order valence-electron chi connectivity index (χ4n) is 4.23. The molecule has 1 aliphatic heterocycles. The molecule has 5 nitrogen and oxygen atoms in total. The minimum atomic E-state index is 0.523. The van der Waals surface area contributed by atoms with Gasteiger partial charge in [0, 0.05) is 32.2 Å². The molecule has 3 rings (SSSR count). The summed E-state index contributed by atoms with van der Waals surface area (Å²) in [6, 6.07) is 11.3. The second-order valence-electron chi connectivity index (χ2n) is 7.45. The van der Waals surface area contributed by atoms with Gasteiger partial charge in [0.25, 0.3) is 0 Å². The Morgan fingerprint density at radius 2 is 1.76 bits per heavy atom. The Morgan fingerprint density at radius 3 is 2.40 bits per heavy atom. The van der Waals surface area contributed by atoms with Gasteiger partial charge in [0.05, 0.1) is 6.54 Å². The topological polar surface area (TPSA) is 46.0 Å². The lowest BCUT2D eigenvalue weighted by Gasteiger charge is -2.42. The zero-order chi connectivity index (χ0) is 17.8. The largest absolute Gasteiger partial charge is 0.314 e. The van der Waals surface area contributed by atoms with Gasteiger partial charge in [-0.05, 0) is 31.2 Å². The third-order valence-electron chi connectivity index (χ3n) is 5.39. The molecule has 25 heavy (non-hydrogen) atoms. The van der Waals surface area contributed by atoms with Crippen molar-refractivity contribution in [2.75, 3.05) is 13.1 Å². The van der Waals surface area contributed by atoms with E-state index in [0.717, 1.165) is 44.4 Å². The molecule has 0 bridgehead atoms. The lowest BCUT2D eigenvalue weighted by atomic mass is 9.85. The maximum atomic E-state index is 4.33. The Bertz CT molecular complexity index is 654. The van der Waals surface area contributed by atoms with Crippen LogP contribution in [-0.2, 0) is 19.6 Å². The zero-order valence-corrected chi connectivity index (χ0v) is 15.9. The number of hydrogen-bond donors (Lipinski definition) is 1. The van der Waals surface area contributed by atoms with E-state index < -0.39 is 0 Å². The van der Waals surface area contributed by atoms with Crippen LogP contribution in [0.15, 0.2) is 30.3 Å². The van der Waals surface area contributed by atoms with Crippen LogP contribution in [0.3, 0.4) is 0 Å². The van der Waals surface area contributed by atoms with Crippen LogP contribution in [0.1, 0.15) is 38.0 Å². The van der Waals surface area contributed by atoms with E-state index in [0.29, 0.717) is 17.9 Å². The van der Waals surface area contributed by atoms with Crippen LogP contribution in [0.4, 0.5) is 0 Å². The van der Waals surface area contributed by atoms with Crippen LogP contribution in [0.25, 0.3) is 0 Å². The lowest BCUT2D eigenvalue weighted by Crippen LogP contribution is -2.53. The second kappa shape index (κ2) is 8.11. The number of benzene rings is 1. The zero-order valence-electron chi connectivity index (χ0n) is 15.9. The predicted octanol–water partition coefficient (Wildman–Crippen LogP) is 2.85. The van der Waals surface area contributed by atoms with Crippen molar-refractivity contribution in [1.82, 2.24) is 25.0 Å². The molecule has 1 aromatic carbocycles. The smallest absolute Gasteiger partial charge is 0.146 e. The van der Waals surface area contributed by atoms with Crippen molar-refractivity contribution in [2.45, 2.75) is 53.4 Å². The maximum Gasteiger partial charge on any atom is 0.146 e. The van der Waals surface area contributed by atoms with Crippen molar-refractivity contribution < 1.29 is 0 Å². The molecule has 2 atom stereocenters. The van der Waals surface area contributed by atoms with E-state index in [1.807, 2.05) is 6.92 Å². The minimum absolute atomic E-state index is 0.523. The number of rotatable bonds is 6. The summed E-state index contributed by atoms with van der Waals surface area (Å²) in [5.74, 6) is 3.28. The van der Waals surface area contributed by atoms with Gasteiger partial charge in [-0.15, -0.1) is 10.2 Å². The van der Waals surface area contributed by atoms with Gasteiger partial charge >= 0.3 is 0 Å². The highest BCUT2D eigenvalue weighted by molar-refractivity contribution is 5.14. The standard InChI is InChI=1S/C20H31N5/c1-5-25-17(4)22-23-19(25)11-21-20-15(2)12-24(13-16(20)3)14-18-9-7-6-8-10-18/h6-10,15-16,20-21H,5,11-14H2,1-4H3/t15-,16-/m1/s1. The normalized spacial score (nSPS) is 22.4. The molecule has 1 saturated heterocycles. The molecule has 2 heterocycles. The number of likely N-dealkylation sites (tertiary alicyclic amines) is 1. The number of aryl methyl sites for hydroxylation is 1. The van der Waals surface area contributed by atoms with Crippen LogP contribution in [0.2, 0.25) is 0 Å². The summed E-state index contributed by atoms with van der Waals surface area (Å²) in [5, 5.41) is 12.3. The molecule has 1 aromatic heterocycles. The van der Waals surface area contributed by atoms with E-state index in [2.05, 4.69) is 76.1 Å². The van der Waals surface area contributed by atoms with Crippen molar-refractivity contribution in [3.8, 4) is 0 Å². The van der Waals surface area contributed by atoms with Crippen molar-refractivity contribution >= 4 is 0 Å². The van der Waals surface area contributed by atoms with Crippen molar-refractivity contribution in [2.24, 2.45) is 11.8 Å². The Hall–Kier alpha value is -1.72. The van der Waals surface area contributed by atoms with Crippen LogP contribution < -0.4 is 5.32 Å². The maximum absolute atomic E-state index is 4.33. The molecule has 0 aliphatic carbocycles. The predicted molar refractivity (Wildman–Crippen MR) is 101 cm³/mol. The van der Waals surface area contributed by atoms with Gasteiger partial charge in [0.2, 0.25) is 0 Å². The van der Waals surface area contributed by atoms with E-state index in [1.165, 1.54) is 5.56 Å². The molecule has 1 fully saturated rings. The number of piperidine rings is 1. The molecule has 0 saturated carbocycles. The molecule has 136 valence electrons. The highest BCUT2D eigenvalue weighted by Gasteiger charge is 2.31. The summed E-state index contributed by atoms with van der Waals surface area (Å²) in [7, 11) is 0. The van der Waals surface area contributed by atoms with Crippen LogP contribution in [-0.4, -0.2) is 38.8 Å². The summed E-state index contributed by atoms with van der Waals surface area (Å²) >= 11 is 0. The molecular formula is C20H31N5. The minimum Gasteiger partial charge on any atom is -0.314 e. The molecule has 0 spiro atoms. The van der Waals surface area contributed by atoms with Gasteiger partial charge in [-0.3, -0.25) is 4.90 Å². The Balaban J connectivity index is 1.57. The average Bonchev–Trinajstić information content (AvgIpc) is 2.95. The molecule has 1 aliphatic rings. The van der Waals surface area contributed by atoms with Gasteiger partial charge < -0.3 is 9.88 Å². The van der Waals surface area contributed by atoms with Crippen LogP contribution in [0, 0.1) is 18.8 Å². The van der Waals surface area contributed by atoms with Crippen molar-refractivity contribution in [3.05, 3.63) is 47.5 Å². The molecule has 2 aromatic rings. The summed E-state index contributed by atoms with van der Waals surface area (Å²) in [4.78, 5) is 2.58. The summed E-state index contributed by atoms with van der Waals surface area (Å²) < 4.78 is 2.19. The fraction of sp³-hybridized carbons (Fsp3) is 0.600. The quantitative estimate of drug-likeness (QED) is 0.878. The van der Waals surface area contributed by atoms with Crippen molar-refractivity contribution in [3.63, 3.8) is 0 Å². The number of aromatic nitrogens is 3. The third kappa shape index (κ3) is 4.28. The van der Waals surface area contributed by atoms with E-state index in [4.69, 9.17) is 0 Å². The first-order valence-corrected chi connectivity index (χ1v) is 9.46. The summed E-state index contributed by atoms with van der Waals surface area (Å²) in [5.41, 5.74) is 1.40. The number of hydrogen-bond acceptors (Lipinski definition) is 4. The Morgan fingerprint density at radius 1 is 1.08 bits per heavy atom. The van der Waals surface area contributed by atoms with Crippen LogP contribution >= 0.6 is 0 Å². The monoisotopic (exact) mass is 341 g/mol. The lowest BCUT2D eigenvalue weighted by molar-refractivity contribution is 0.0934. The SMILES string of the molecule is CCn1c(C)nnc1CNC1[C@H](C)CN(Cc2ccccc2)C[C@H]1C. The summed E-state index contributed by atoms with van der Waals surface area (Å²) in [6.45, 7) is 13.9. The Kier molecular flexibility index (Phi) is 5.86. The third-order valence-corrected chi connectivity index (χ3v) is 5.39.